The van der Waals surface area contributed by atoms with Crippen LogP contribution < -0.4 is 10.1 Å². The zero-order chi connectivity index (χ0) is 21.0. The molecule has 0 spiro atoms. The van der Waals surface area contributed by atoms with Crippen LogP contribution in [0, 0.1) is 0 Å². The van der Waals surface area contributed by atoms with Gasteiger partial charge in [0.05, 0.1) is 12.0 Å². The molecule has 2 unspecified atom stereocenters. The van der Waals surface area contributed by atoms with Gasteiger partial charge in [0.2, 0.25) is 5.91 Å². The number of rotatable bonds is 8. The molecule has 1 fully saturated rings. The molecule has 160 valence electrons. The molecule has 2 heterocycles. The van der Waals surface area contributed by atoms with Crippen LogP contribution in [0.4, 0.5) is 5.69 Å². The maximum absolute atomic E-state index is 12.7. The third-order valence-electron chi connectivity index (χ3n) is 6.77. The zero-order valence-electron chi connectivity index (χ0n) is 18.3. The van der Waals surface area contributed by atoms with Crippen LogP contribution in [0.1, 0.15) is 63.0 Å². The minimum absolute atomic E-state index is 0.101. The van der Waals surface area contributed by atoms with Crippen LogP contribution in [0.3, 0.4) is 0 Å². The first kappa shape index (κ1) is 20.9. The molecule has 2 aromatic rings. The molecule has 4 rings (SSSR count). The molecule has 2 atom stereocenters. The van der Waals surface area contributed by atoms with E-state index in [1.54, 1.807) is 0 Å². The molecule has 2 aromatic carbocycles. The largest absolute Gasteiger partial charge is 0.494 e. The van der Waals surface area contributed by atoms with Crippen LogP contribution in [-0.4, -0.2) is 37.0 Å². The van der Waals surface area contributed by atoms with E-state index in [4.69, 9.17) is 4.74 Å². The van der Waals surface area contributed by atoms with Gasteiger partial charge in [0.15, 0.2) is 0 Å². The number of piperidine rings is 1. The van der Waals surface area contributed by atoms with Crippen molar-refractivity contribution >= 4 is 11.6 Å². The second-order valence-electron chi connectivity index (χ2n) is 9.11. The predicted octanol–water partition coefficient (Wildman–Crippen LogP) is 5.35. The van der Waals surface area contributed by atoms with Gasteiger partial charge in [0.25, 0.3) is 0 Å². The van der Waals surface area contributed by atoms with Crippen molar-refractivity contribution in [1.29, 1.82) is 0 Å². The molecule has 2 aliphatic heterocycles. The summed E-state index contributed by atoms with van der Waals surface area (Å²) in [5.74, 6) is 1.31. The number of carbonyl (C=O) groups is 1. The summed E-state index contributed by atoms with van der Waals surface area (Å²) in [4.78, 5) is 15.3. The van der Waals surface area contributed by atoms with Crippen LogP contribution in [0.25, 0.3) is 0 Å². The van der Waals surface area contributed by atoms with Crippen molar-refractivity contribution in [2.45, 2.75) is 57.3 Å². The van der Waals surface area contributed by atoms with Crippen LogP contribution >= 0.6 is 0 Å². The van der Waals surface area contributed by atoms with Crippen molar-refractivity contribution in [3.05, 3.63) is 59.7 Å². The van der Waals surface area contributed by atoms with Gasteiger partial charge in [0, 0.05) is 12.2 Å². The Labute approximate surface area is 180 Å². The molecule has 4 heteroatoms. The SMILES string of the molecule is CC(CC1(C)C(=O)Nc2ccccc21)c1ccc(OCCCN2CCCCC2)cc1. The summed E-state index contributed by atoms with van der Waals surface area (Å²) in [6.45, 7) is 8.65. The Morgan fingerprint density at radius 1 is 1.07 bits per heavy atom. The Bertz CT molecular complexity index is 858. The first-order valence-corrected chi connectivity index (χ1v) is 11.4. The number of benzene rings is 2. The van der Waals surface area contributed by atoms with Crippen molar-refractivity contribution in [3.8, 4) is 5.75 Å². The third kappa shape index (κ3) is 4.54. The molecule has 1 N–H and O–H groups in total. The van der Waals surface area contributed by atoms with E-state index in [0.717, 1.165) is 43.0 Å². The maximum atomic E-state index is 12.7. The Balaban J connectivity index is 1.30. The summed E-state index contributed by atoms with van der Waals surface area (Å²) in [7, 11) is 0. The Morgan fingerprint density at radius 3 is 2.57 bits per heavy atom. The molecular weight excluding hydrogens is 372 g/mol. The van der Waals surface area contributed by atoms with Gasteiger partial charge in [-0.15, -0.1) is 0 Å². The minimum atomic E-state index is -0.486. The summed E-state index contributed by atoms with van der Waals surface area (Å²) in [5.41, 5.74) is 2.81. The van der Waals surface area contributed by atoms with Gasteiger partial charge < -0.3 is 15.0 Å². The number of amides is 1. The second kappa shape index (κ2) is 9.22. The molecule has 4 nitrogen and oxygen atoms in total. The van der Waals surface area contributed by atoms with Crippen molar-refractivity contribution in [2.24, 2.45) is 0 Å². The lowest BCUT2D eigenvalue weighted by Gasteiger charge is -2.26. The molecule has 0 radical (unpaired) electrons. The highest BCUT2D eigenvalue weighted by Crippen LogP contribution is 2.43. The molecular formula is C26H34N2O2. The van der Waals surface area contributed by atoms with E-state index < -0.39 is 5.41 Å². The van der Waals surface area contributed by atoms with Crippen molar-refractivity contribution in [3.63, 3.8) is 0 Å². The Hall–Kier alpha value is -2.33. The average Bonchev–Trinajstić information content (AvgIpc) is 3.02. The lowest BCUT2D eigenvalue weighted by atomic mass is 9.75. The lowest BCUT2D eigenvalue weighted by molar-refractivity contribution is -0.120. The maximum Gasteiger partial charge on any atom is 0.234 e. The van der Waals surface area contributed by atoms with Gasteiger partial charge in [-0.3, -0.25) is 4.79 Å². The van der Waals surface area contributed by atoms with Crippen molar-refractivity contribution < 1.29 is 9.53 Å². The van der Waals surface area contributed by atoms with Crippen LogP contribution in [0.5, 0.6) is 5.75 Å². The fraction of sp³-hybridized carbons (Fsp3) is 0.500. The average molecular weight is 407 g/mol. The Morgan fingerprint density at radius 2 is 1.80 bits per heavy atom. The van der Waals surface area contributed by atoms with E-state index in [0.29, 0.717) is 0 Å². The normalized spacial score (nSPS) is 22.4. The highest BCUT2D eigenvalue weighted by Gasteiger charge is 2.43. The fourth-order valence-electron chi connectivity index (χ4n) is 4.94. The highest BCUT2D eigenvalue weighted by molar-refractivity contribution is 6.05. The number of fused-ring (bicyclic) bond motifs is 1. The number of carbonyl (C=O) groups excluding carboxylic acids is 1. The van der Waals surface area contributed by atoms with Gasteiger partial charge in [0.1, 0.15) is 5.75 Å². The van der Waals surface area contributed by atoms with Crippen LogP contribution in [0.15, 0.2) is 48.5 Å². The van der Waals surface area contributed by atoms with E-state index in [1.807, 2.05) is 18.2 Å². The number of ether oxygens (including phenoxy) is 1. The van der Waals surface area contributed by atoms with Gasteiger partial charge >= 0.3 is 0 Å². The number of nitrogens with zero attached hydrogens (tertiary/aromatic N) is 1. The number of likely N-dealkylation sites (tertiary alicyclic amines) is 1. The molecule has 0 saturated carbocycles. The highest BCUT2D eigenvalue weighted by atomic mass is 16.5. The zero-order valence-corrected chi connectivity index (χ0v) is 18.3. The number of hydrogen-bond acceptors (Lipinski definition) is 3. The fourth-order valence-corrected chi connectivity index (χ4v) is 4.94. The number of para-hydroxylation sites is 1. The molecule has 0 aliphatic carbocycles. The first-order chi connectivity index (χ1) is 14.6. The van der Waals surface area contributed by atoms with Gasteiger partial charge in [-0.1, -0.05) is 43.7 Å². The standard InChI is InChI=1S/C26H34N2O2/c1-20(19-26(2)23-9-4-5-10-24(23)27-25(26)29)21-11-13-22(14-12-21)30-18-8-17-28-15-6-3-7-16-28/h4-5,9-14,20H,3,6-8,15-19H2,1-2H3,(H,27,29). The van der Waals surface area contributed by atoms with E-state index in [9.17, 15) is 4.79 Å². The smallest absolute Gasteiger partial charge is 0.234 e. The van der Waals surface area contributed by atoms with E-state index in [1.165, 1.54) is 37.9 Å². The number of anilines is 1. The summed E-state index contributed by atoms with van der Waals surface area (Å²) >= 11 is 0. The number of nitrogens with one attached hydrogen (secondary N) is 1. The number of hydrogen-bond donors (Lipinski definition) is 1. The topological polar surface area (TPSA) is 41.6 Å². The molecule has 0 bridgehead atoms. The van der Waals surface area contributed by atoms with E-state index >= 15 is 0 Å². The molecule has 1 saturated heterocycles. The summed E-state index contributed by atoms with van der Waals surface area (Å²) in [6.07, 6.45) is 5.92. The minimum Gasteiger partial charge on any atom is -0.494 e. The summed E-state index contributed by atoms with van der Waals surface area (Å²) in [6, 6.07) is 16.5. The van der Waals surface area contributed by atoms with Crippen molar-refractivity contribution in [1.82, 2.24) is 4.90 Å². The predicted molar refractivity (Wildman–Crippen MR) is 122 cm³/mol. The second-order valence-corrected chi connectivity index (χ2v) is 9.11. The van der Waals surface area contributed by atoms with Crippen molar-refractivity contribution in [2.75, 3.05) is 31.6 Å². The third-order valence-corrected chi connectivity index (χ3v) is 6.77. The molecule has 1 amide bonds. The quantitative estimate of drug-likeness (QED) is 0.601. The van der Waals surface area contributed by atoms with Gasteiger partial charge in [-0.2, -0.15) is 0 Å². The molecule has 0 aromatic heterocycles. The molecule has 30 heavy (non-hydrogen) atoms. The van der Waals surface area contributed by atoms with Gasteiger partial charge in [-0.05, 0) is 80.9 Å². The summed E-state index contributed by atoms with van der Waals surface area (Å²) in [5, 5.41) is 3.04. The first-order valence-electron chi connectivity index (χ1n) is 11.4. The summed E-state index contributed by atoms with van der Waals surface area (Å²) < 4.78 is 5.96. The van der Waals surface area contributed by atoms with E-state index in [2.05, 4.69) is 54.4 Å². The molecule has 2 aliphatic rings. The Kier molecular flexibility index (Phi) is 6.43. The van der Waals surface area contributed by atoms with E-state index in [-0.39, 0.29) is 11.8 Å². The monoisotopic (exact) mass is 406 g/mol. The van der Waals surface area contributed by atoms with Gasteiger partial charge in [-0.25, -0.2) is 0 Å². The van der Waals surface area contributed by atoms with Crippen LogP contribution in [0.2, 0.25) is 0 Å². The van der Waals surface area contributed by atoms with Crippen LogP contribution in [-0.2, 0) is 10.2 Å². The lowest BCUT2D eigenvalue weighted by Crippen LogP contribution is -2.32.